The van der Waals surface area contributed by atoms with Gasteiger partial charge in [0.15, 0.2) is 5.78 Å². The van der Waals surface area contributed by atoms with E-state index in [1.165, 1.54) is 0 Å². The Balaban J connectivity index is 2.72. The van der Waals surface area contributed by atoms with Gasteiger partial charge in [-0.3, -0.25) is 9.69 Å². The summed E-state index contributed by atoms with van der Waals surface area (Å²) in [4.78, 5) is 14.1. The van der Waals surface area contributed by atoms with Crippen molar-refractivity contribution in [3.63, 3.8) is 0 Å². The molecule has 1 rings (SSSR count). The van der Waals surface area contributed by atoms with Crippen LogP contribution in [0.1, 0.15) is 15.9 Å². The molecule has 0 aliphatic heterocycles. The SMILES string of the molecule is COCCN(C)CC(=O)c1ccc(C)cc1OC. The molecule has 0 aliphatic rings. The fourth-order valence-electron chi connectivity index (χ4n) is 1.69. The van der Waals surface area contributed by atoms with E-state index in [0.29, 0.717) is 24.5 Å². The number of hydrogen-bond acceptors (Lipinski definition) is 4. The minimum atomic E-state index is 0.0606. The summed E-state index contributed by atoms with van der Waals surface area (Å²) in [5, 5.41) is 0. The van der Waals surface area contributed by atoms with Crippen LogP contribution in [0.5, 0.6) is 5.75 Å². The molecule has 4 heteroatoms. The van der Waals surface area contributed by atoms with E-state index in [2.05, 4.69) is 0 Å². The van der Waals surface area contributed by atoms with Gasteiger partial charge in [0.1, 0.15) is 5.75 Å². The van der Waals surface area contributed by atoms with Gasteiger partial charge in [0.25, 0.3) is 0 Å². The van der Waals surface area contributed by atoms with Crippen LogP contribution >= 0.6 is 0 Å². The quantitative estimate of drug-likeness (QED) is 0.692. The summed E-state index contributed by atoms with van der Waals surface area (Å²) in [5.74, 6) is 0.700. The summed E-state index contributed by atoms with van der Waals surface area (Å²) in [7, 11) is 5.14. The van der Waals surface area contributed by atoms with Crippen molar-refractivity contribution in [2.75, 3.05) is 41.0 Å². The fraction of sp³-hybridized carbons (Fsp3) is 0.500. The Morgan fingerprint density at radius 2 is 2.06 bits per heavy atom. The number of methoxy groups -OCH3 is 2. The molecule has 0 spiro atoms. The van der Waals surface area contributed by atoms with Crippen molar-refractivity contribution in [2.45, 2.75) is 6.92 Å². The summed E-state index contributed by atoms with van der Waals surface area (Å²) < 4.78 is 10.2. The maximum Gasteiger partial charge on any atom is 0.180 e. The molecule has 0 heterocycles. The van der Waals surface area contributed by atoms with Crippen LogP contribution < -0.4 is 4.74 Å². The van der Waals surface area contributed by atoms with Crippen molar-refractivity contribution in [2.24, 2.45) is 0 Å². The third-order valence-electron chi connectivity index (χ3n) is 2.75. The second-order valence-corrected chi connectivity index (χ2v) is 4.36. The zero-order valence-electron chi connectivity index (χ0n) is 11.5. The molecule has 0 amide bonds. The van der Waals surface area contributed by atoms with Gasteiger partial charge >= 0.3 is 0 Å². The van der Waals surface area contributed by atoms with Gasteiger partial charge in [-0.2, -0.15) is 0 Å². The molecule has 100 valence electrons. The third-order valence-corrected chi connectivity index (χ3v) is 2.75. The average molecular weight is 251 g/mol. The Labute approximate surface area is 108 Å². The molecule has 0 saturated heterocycles. The maximum atomic E-state index is 12.1. The van der Waals surface area contributed by atoms with E-state index >= 15 is 0 Å². The molecule has 0 radical (unpaired) electrons. The topological polar surface area (TPSA) is 38.8 Å². The number of carbonyl (C=O) groups is 1. The van der Waals surface area contributed by atoms with Gasteiger partial charge in [0, 0.05) is 13.7 Å². The minimum absolute atomic E-state index is 0.0606. The number of aryl methyl sites for hydroxylation is 1. The van der Waals surface area contributed by atoms with E-state index in [0.717, 1.165) is 12.1 Å². The predicted molar refractivity (Wildman–Crippen MR) is 71.4 cm³/mol. The Kier molecular flexibility index (Phi) is 5.82. The van der Waals surface area contributed by atoms with Crippen LogP contribution in [0, 0.1) is 6.92 Å². The lowest BCUT2D eigenvalue weighted by Gasteiger charge is -2.16. The van der Waals surface area contributed by atoms with E-state index in [1.807, 2.05) is 37.1 Å². The first-order valence-electron chi connectivity index (χ1n) is 5.93. The highest BCUT2D eigenvalue weighted by molar-refractivity contribution is 6.00. The summed E-state index contributed by atoms with van der Waals surface area (Å²) in [6, 6.07) is 5.62. The lowest BCUT2D eigenvalue weighted by molar-refractivity contribution is 0.0920. The molecular formula is C14H21NO3. The number of likely N-dealkylation sites (N-methyl/N-ethyl adjacent to an activating group) is 1. The van der Waals surface area contributed by atoms with E-state index in [9.17, 15) is 4.79 Å². The number of hydrogen-bond donors (Lipinski definition) is 0. The standard InChI is InChI=1S/C14H21NO3/c1-11-5-6-12(14(9-11)18-4)13(16)10-15(2)7-8-17-3/h5-6,9H,7-8,10H2,1-4H3. The largest absolute Gasteiger partial charge is 0.496 e. The number of ether oxygens (including phenoxy) is 2. The molecule has 0 atom stereocenters. The summed E-state index contributed by atoms with van der Waals surface area (Å²) >= 11 is 0. The van der Waals surface area contributed by atoms with E-state index in [-0.39, 0.29) is 5.78 Å². The number of benzene rings is 1. The molecule has 1 aromatic rings. The normalized spacial score (nSPS) is 10.7. The number of ketones is 1. The van der Waals surface area contributed by atoms with Crippen molar-refractivity contribution < 1.29 is 14.3 Å². The smallest absolute Gasteiger partial charge is 0.180 e. The predicted octanol–water partition coefficient (Wildman–Crippen LogP) is 1.76. The molecule has 1 aromatic carbocycles. The Hall–Kier alpha value is -1.39. The van der Waals surface area contributed by atoms with Gasteiger partial charge < -0.3 is 9.47 Å². The highest BCUT2D eigenvalue weighted by Crippen LogP contribution is 2.20. The van der Waals surface area contributed by atoms with Crippen LogP contribution in [0.25, 0.3) is 0 Å². The first kappa shape index (κ1) is 14.7. The molecule has 0 fully saturated rings. The van der Waals surface area contributed by atoms with Crippen molar-refractivity contribution in [1.29, 1.82) is 0 Å². The van der Waals surface area contributed by atoms with Crippen molar-refractivity contribution in [3.8, 4) is 5.75 Å². The van der Waals surface area contributed by atoms with Gasteiger partial charge in [0.2, 0.25) is 0 Å². The molecule has 18 heavy (non-hydrogen) atoms. The van der Waals surface area contributed by atoms with Gasteiger partial charge in [-0.25, -0.2) is 0 Å². The lowest BCUT2D eigenvalue weighted by Crippen LogP contribution is -2.29. The van der Waals surface area contributed by atoms with Crippen LogP contribution in [0.2, 0.25) is 0 Å². The molecule has 0 N–H and O–H groups in total. The van der Waals surface area contributed by atoms with Crippen LogP contribution in [0.15, 0.2) is 18.2 Å². The monoisotopic (exact) mass is 251 g/mol. The van der Waals surface area contributed by atoms with Crippen LogP contribution in [-0.2, 0) is 4.74 Å². The zero-order chi connectivity index (χ0) is 13.5. The van der Waals surface area contributed by atoms with Crippen LogP contribution in [0.3, 0.4) is 0 Å². The van der Waals surface area contributed by atoms with E-state index < -0.39 is 0 Å². The van der Waals surface area contributed by atoms with Gasteiger partial charge in [-0.1, -0.05) is 6.07 Å². The minimum Gasteiger partial charge on any atom is -0.496 e. The second-order valence-electron chi connectivity index (χ2n) is 4.36. The van der Waals surface area contributed by atoms with Crippen LogP contribution in [0.4, 0.5) is 0 Å². The zero-order valence-corrected chi connectivity index (χ0v) is 11.5. The molecule has 0 unspecified atom stereocenters. The molecule has 0 aliphatic carbocycles. The second kappa shape index (κ2) is 7.13. The Bertz CT molecular complexity index is 404. The number of carbonyl (C=O) groups excluding carboxylic acids is 1. The number of rotatable bonds is 7. The fourth-order valence-corrected chi connectivity index (χ4v) is 1.69. The lowest BCUT2D eigenvalue weighted by atomic mass is 10.1. The molecule has 0 bridgehead atoms. The van der Waals surface area contributed by atoms with Gasteiger partial charge in [-0.05, 0) is 31.7 Å². The van der Waals surface area contributed by atoms with Gasteiger partial charge in [0.05, 0.1) is 25.8 Å². The molecule has 4 nitrogen and oxygen atoms in total. The van der Waals surface area contributed by atoms with E-state index in [4.69, 9.17) is 9.47 Å². The Morgan fingerprint density at radius 3 is 2.67 bits per heavy atom. The first-order chi connectivity index (χ1) is 8.58. The maximum absolute atomic E-state index is 12.1. The van der Waals surface area contributed by atoms with Gasteiger partial charge in [-0.15, -0.1) is 0 Å². The van der Waals surface area contributed by atoms with Crippen LogP contribution in [-0.4, -0.2) is 51.6 Å². The summed E-state index contributed by atoms with van der Waals surface area (Å²) in [6.07, 6.45) is 0. The van der Waals surface area contributed by atoms with Crippen molar-refractivity contribution in [1.82, 2.24) is 4.90 Å². The molecule has 0 saturated carbocycles. The highest BCUT2D eigenvalue weighted by Gasteiger charge is 2.14. The van der Waals surface area contributed by atoms with E-state index in [1.54, 1.807) is 14.2 Å². The van der Waals surface area contributed by atoms with Crippen molar-refractivity contribution >= 4 is 5.78 Å². The highest BCUT2D eigenvalue weighted by atomic mass is 16.5. The number of Topliss-reactive ketones (excluding diaryl/α,β-unsaturated/α-hetero) is 1. The Morgan fingerprint density at radius 1 is 1.33 bits per heavy atom. The first-order valence-corrected chi connectivity index (χ1v) is 5.93. The third kappa shape index (κ3) is 4.13. The molecule has 0 aromatic heterocycles. The summed E-state index contributed by atoms with van der Waals surface area (Å²) in [5.41, 5.74) is 1.71. The van der Waals surface area contributed by atoms with Crippen molar-refractivity contribution in [3.05, 3.63) is 29.3 Å². The average Bonchev–Trinajstić information content (AvgIpc) is 2.35. The number of nitrogens with zero attached hydrogens (tertiary/aromatic N) is 1. The molecular weight excluding hydrogens is 230 g/mol. The summed E-state index contributed by atoms with van der Waals surface area (Å²) in [6.45, 7) is 3.69.